The number of allylic oxidation sites excluding steroid dienone is 1. The van der Waals surface area contributed by atoms with Gasteiger partial charge in [0.25, 0.3) is 0 Å². The second-order valence-electron chi connectivity index (χ2n) is 3.27. The monoisotopic (exact) mass is 169 g/mol. The summed E-state index contributed by atoms with van der Waals surface area (Å²) >= 11 is 0. The summed E-state index contributed by atoms with van der Waals surface area (Å²) in [6.07, 6.45) is 7.07. The van der Waals surface area contributed by atoms with E-state index < -0.39 is 0 Å². The summed E-state index contributed by atoms with van der Waals surface area (Å²) in [5.41, 5.74) is 0. The quantitative estimate of drug-likeness (QED) is 0.500. The van der Waals surface area contributed by atoms with Crippen molar-refractivity contribution in [3.8, 4) is 0 Å². The first kappa shape index (κ1) is 9.75. The zero-order valence-corrected chi connectivity index (χ0v) is 7.72. The summed E-state index contributed by atoms with van der Waals surface area (Å²) in [6.45, 7) is 6.76. The molecular weight excluding hydrogens is 150 g/mol. The van der Waals surface area contributed by atoms with Crippen LogP contribution in [0.3, 0.4) is 0 Å². The predicted molar refractivity (Wildman–Crippen MR) is 51.3 cm³/mol. The lowest BCUT2D eigenvalue weighted by molar-refractivity contribution is 0.0361. The van der Waals surface area contributed by atoms with E-state index in [0.717, 1.165) is 32.5 Å². The Morgan fingerprint density at radius 3 is 3.17 bits per heavy atom. The highest BCUT2D eigenvalue weighted by molar-refractivity contribution is 4.69. The van der Waals surface area contributed by atoms with Gasteiger partial charge in [-0.2, -0.15) is 0 Å². The highest BCUT2D eigenvalue weighted by Gasteiger charge is 2.11. The number of hydrogen-bond donors (Lipinski definition) is 1. The molecule has 0 radical (unpaired) electrons. The Balaban J connectivity index is 1.94. The molecule has 0 bridgehead atoms. The Kier molecular flexibility index (Phi) is 5.04. The Labute approximate surface area is 75.0 Å². The second-order valence-corrected chi connectivity index (χ2v) is 3.27. The predicted octanol–water partition coefficient (Wildman–Crippen LogP) is 1.72. The minimum atomic E-state index is 0.462. The fourth-order valence-electron chi connectivity index (χ4n) is 1.44. The fourth-order valence-corrected chi connectivity index (χ4v) is 1.44. The van der Waals surface area contributed by atoms with Crippen LogP contribution < -0.4 is 5.32 Å². The second kappa shape index (κ2) is 6.21. The average Bonchev–Trinajstić information content (AvgIpc) is 2.14. The van der Waals surface area contributed by atoms with Gasteiger partial charge in [0, 0.05) is 13.2 Å². The minimum absolute atomic E-state index is 0.462. The van der Waals surface area contributed by atoms with Crippen molar-refractivity contribution in [1.29, 1.82) is 0 Å². The highest BCUT2D eigenvalue weighted by Crippen LogP contribution is 2.06. The van der Waals surface area contributed by atoms with E-state index in [4.69, 9.17) is 4.74 Å². The molecule has 0 aliphatic carbocycles. The number of piperidine rings is 1. The van der Waals surface area contributed by atoms with Crippen LogP contribution in [0, 0.1) is 0 Å². The van der Waals surface area contributed by atoms with Crippen molar-refractivity contribution in [2.45, 2.75) is 31.8 Å². The Bertz CT molecular complexity index is 119. The molecular formula is C10H19NO. The molecule has 1 heterocycles. The SMILES string of the molecule is C=CCCCOC1CCCNC1. The molecule has 0 saturated carbocycles. The fraction of sp³-hybridized carbons (Fsp3) is 0.800. The van der Waals surface area contributed by atoms with Gasteiger partial charge in [-0.25, -0.2) is 0 Å². The Hall–Kier alpha value is -0.340. The van der Waals surface area contributed by atoms with Crippen molar-refractivity contribution in [1.82, 2.24) is 5.32 Å². The van der Waals surface area contributed by atoms with Crippen LogP contribution in [0.25, 0.3) is 0 Å². The van der Waals surface area contributed by atoms with Crippen molar-refractivity contribution < 1.29 is 4.74 Å². The molecule has 1 saturated heterocycles. The van der Waals surface area contributed by atoms with Crippen molar-refractivity contribution in [3.05, 3.63) is 12.7 Å². The third-order valence-electron chi connectivity index (χ3n) is 2.16. The summed E-state index contributed by atoms with van der Waals surface area (Å²) in [7, 11) is 0. The Morgan fingerprint density at radius 1 is 1.58 bits per heavy atom. The lowest BCUT2D eigenvalue weighted by atomic mass is 10.1. The maximum atomic E-state index is 5.67. The van der Waals surface area contributed by atoms with Gasteiger partial charge in [0.2, 0.25) is 0 Å². The molecule has 0 aromatic heterocycles. The van der Waals surface area contributed by atoms with Gasteiger partial charge < -0.3 is 10.1 Å². The van der Waals surface area contributed by atoms with Crippen LogP contribution in [0.2, 0.25) is 0 Å². The van der Waals surface area contributed by atoms with Gasteiger partial charge >= 0.3 is 0 Å². The van der Waals surface area contributed by atoms with Gasteiger partial charge in [0.1, 0.15) is 0 Å². The number of nitrogens with one attached hydrogen (secondary N) is 1. The molecule has 12 heavy (non-hydrogen) atoms. The topological polar surface area (TPSA) is 21.3 Å². The molecule has 1 fully saturated rings. The van der Waals surface area contributed by atoms with Gasteiger partial charge in [-0.1, -0.05) is 6.08 Å². The van der Waals surface area contributed by atoms with Crippen molar-refractivity contribution in [2.75, 3.05) is 19.7 Å². The zero-order chi connectivity index (χ0) is 8.65. The molecule has 1 unspecified atom stereocenters. The summed E-state index contributed by atoms with van der Waals surface area (Å²) in [4.78, 5) is 0. The number of hydrogen-bond acceptors (Lipinski definition) is 2. The summed E-state index contributed by atoms with van der Waals surface area (Å²) < 4.78 is 5.67. The molecule has 2 nitrogen and oxygen atoms in total. The third kappa shape index (κ3) is 3.88. The van der Waals surface area contributed by atoms with Crippen LogP contribution in [0.4, 0.5) is 0 Å². The van der Waals surface area contributed by atoms with Crippen molar-refractivity contribution in [2.24, 2.45) is 0 Å². The van der Waals surface area contributed by atoms with Crippen molar-refractivity contribution in [3.63, 3.8) is 0 Å². The van der Waals surface area contributed by atoms with Gasteiger partial charge in [-0.3, -0.25) is 0 Å². The maximum Gasteiger partial charge on any atom is 0.0699 e. The molecule has 70 valence electrons. The van der Waals surface area contributed by atoms with Gasteiger partial charge in [-0.05, 0) is 32.2 Å². The van der Waals surface area contributed by atoms with E-state index in [-0.39, 0.29) is 0 Å². The first-order chi connectivity index (χ1) is 5.93. The van der Waals surface area contributed by atoms with Crippen molar-refractivity contribution >= 4 is 0 Å². The lowest BCUT2D eigenvalue weighted by Crippen LogP contribution is -2.35. The summed E-state index contributed by atoms with van der Waals surface area (Å²) in [5.74, 6) is 0. The number of ether oxygens (including phenoxy) is 1. The Morgan fingerprint density at radius 2 is 2.50 bits per heavy atom. The van der Waals surface area contributed by atoms with E-state index >= 15 is 0 Å². The molecule has 2 heteroatoms. The number of rotatable bonds is 5. The first-order valence-corrected chi connectivity index (χ1v) is 4.86. The van der Waals surface area contributed by atoms with Crippen LogP contribution in [-0.2, 0) is 4.74 Å². The standard InChI is InChI=1S/C10H19NO/c1-2-3-4-8-12-10-6-5-7-11-9-10/h2,10-11H,1,3-9H2. The summed E-state index contributed by atoms with van der Waals surface area (Å²) in [5, 5.41) is 3.33. The van der Waals surface area contributed by atoms with E-state index in [1.165, 1.54) is 12.8 Å². The maximum absolute atomic E-state index is 5.67. The van der Waals surface area contributed by atoms with Gasteiger partial charge in [0.15, 0.2) is 0 Å². The van der Waals surface area contributed by atoms with Gasteiger partial charge in [-0.15, -0.1) is 6.58 Å². The van der Waals surface area contributed by atoms with Crippen LogP contribution in [-0.4, -0.2) is 25.8 Å². The molecule has 0 amide bonds. The highest BCUT2D eigenvalue weighted by atomic mass is 16.5. The zero-order valence-electron chi connectivity index (χ0n) is 7.72. The van der Waals surface area contributed by atoms with Crippen LogP contribution in [0.15, 0.2) is 12.7 Å². The third-order valence-corrected chi connectivity index (χ3v) is 2.16. The molecule has 1 N–H and O–H groups in total. The number of unbranched alkanes of at least 4 members (excludes halogenated alkanes) is 1. The van der Waals surface area contributed by atoms with E-state index in [1.54, 1.807) is 0 Å². The van der Waals surface area contributed by atoms with E-state index in [2.05, 4.69) is 11.9 Å². The van der Waals surface area contributed by atoms with E-state index in [9.17, 15) is 0 Å². The normalized spacial score (nSPS) is 23.8. The molecule has 0 aromatic carbocycles. The molecule has 1 aliphatic rings. The van der Waals surface area contributed by atoms with Crippen LogP contribution >= 0.6 is 0 Å². The van der Waals surface area contributed by atoms with Gasteiger partial charge in [0.05, 0.1) is 6.10 Å². The first-order valence-electron chi connectivity index (χ1n) is 4.86. The van der Waals surface area contributed by atoms with E-state index in [0.29, 0.717) is 6.10 Å². The molecule has 0 aromatic rings. The smallest absolute Gasteiger partial charge is 0.0699 e. The molecule has 1 rings (SSSR count). The van der Waals surface area contributed by atoms with Crippen LogP contribution in [0.5, 0.6) is 0 Å². The van der Waals surface area contributed by atoms with Crippen LogP contribution in [0.1, 0.15) is 25.7 Å². The molecule has 1 atom stereocenters. The average molecular weight is 169 g/mol. The molecule has 1 aliphatic heterocycles. The molecule has 0 spiro atoms. The summed E-state index contributed by atoms with van der Waals surface area (Å²) in [6, 6.07) is 0. The largest absolute Gasteiger partial charge is 0.377 e. The minimum Gasteiger partial charge on any atom is -0.377 e. The lowest BCUT2D eigenvalue weighted by Gasteiger charge is -2.22. The van der Waals surface area contributed by atoms with E-state index in [1.807, 2.05) is 6.08 Å².